The predicted molar refractivity (Wildman–Crippen MR) is 114 cm³/mol. The zero-order chi connectivity index (χ0) is 21.6. The van der Waals surface area contributed by atoms with Crippen LogP contribution in [0.4, 0.5) is 25.8 Å². The molecule has 9 heteroatoms. The predicted octanol–water partition coefficient (Wildman–Crippen LogP) is 3.38. The average Bonchev–Trinajstić information content (AvgIpc) is 3.05. The largest absolute Gasteiger partial charge is 0.447 e. The fraction of sp³-hybridized carbons (Fsp3) is 0.318. The van der Waals surface area contributed by atoms with Crippen LogP contribution in [0.25, 0.3) is 0 Å². The number of anilines is 2. The van der Waals surface area contributed by atoms with Gasteiger partial charge in [-0.05, 0) is 36.8 Å². The molecule has 0 unspecified atom stereocenters. The highest BCUT2D eigenvalue weighted by Gasteiger charge is 2.25. The Morgan fingerprint density at radius 2 is 1.68 bits per heavy atom. The topological polar surface area (TPSA) is 91.4 Å². The molecule has 2 heterocycles. The molecular formula is C22H24N4O5. The van der Waals surface area contributed by atoms with E-state index in [-0.39, 0.29) is 6.03 Å². The van der Waals surface area contributed by atoms with Crippen molar-refractivity contribution in [1.82, 2.24) is 9.80 Å². The highest BCUT2D eigenvalue weighted by Crippen LogP contribution is 2.23. The number of carbonyl (C=O) groups is 3. The monoisotopic (exact) mass is 424 g/mol. The summed E-state index contributed by atoms with van der Waals surface area (Å²) in [5.41, 5.74) is 1.26. The third-order valence-corrected chi connectivity index (χ3v) is 5.16. The van der Waals surface area contributed by atoms with Crippen LogP contribution < -0.4 is 15.0 Å². The van der Waals surface area contributed by atoms with Gasteiger partial charge in [0.05, 0.1) is 6.54 Å². The second-order valence-electron chi connectivity index (χ2n) is 7.26. The van der Waals surface area contributed by atoms with Crippen molar-refractivity contribution in [2.24, 2.45) is 0 Å². The Morgan fingerprint density at radius 1 is 0.903 bits per heavy atom. The zero-order valence-corrected chi connectivity index (χ0v) is 17.0. The molecule has 162 valence electrons. The number of hydrogen-bond acceptors (Lipinski definition) is 5. The van der Waals surface area contributed by atoms with Crippen LogP contribution in [0, 0.1) is 0 Å². The lowest BCUT2D eigenvalue weighted by atomic mass is 10.2. The van der Waals surface area contributed by atoms with E-state index < -0.39 is 12.2 Å². The molecule has 31 heavy (non-hydrogen) atoms. The number of rotatable bonds is 3. The number of nitrogens with zero attached hydrogens (tertiary/aromatic N) is 3. The van der Waals surface area contributed by atoms with E-state index in [4.69, 9.17) is 9.47 Å². The lowest BCUT2D eigenvalue weighted by Gasteiger charge is -2.22. The van der Waals surface area contributed by atoms with E-state index >= 15 is 0 Å². The average molecular weight is 424 g/mol. The Kier molecular flexibility index (Phi) is 6.21. The molecular weight excluding hydrogens is 400 g/mol. The molecule has 2 aromatic rings. The third kappa shape index (κ3) is 5.06. The van der Waals surface area contributed by atoms with Crippen LogP contribution in [0.1, 0.15) is 6.42 Å². The molecule has 0 spiro atoms. The van der Waals surface area contributed by atoms with Crippen LogP contribution in [0.2, 0.25) is 0 Å². The maximum Gasteiger partial charge on any atom is 0.415 e. The summed E-state index contributed by atoms with van der Waals surface area (Å²) in [6, 6.07) is 15.8. The van der Waals surface area contributed by atoms with Gasteiger partial charge >= 0.3 is 18.2 Å². The van der Waals surface area contributed by atoms with E-state index in [1.807, 2.05) is 6.07 Å². The van der Waals surface area contributed by atoms with E-state index in [9.17, 15) is 14.4 Å². The Balaban J connectivity index is 1.33. The number of carbonyl (C=O) groups excluding carboxylic acids is 3. The molecule has 2 aliphatic rings. The van der Waals surface area contributed by atoms with Gasteiger partial charge in [0.15, 0.2) is 0 Å². The highest BCUT2D eigenvalue weighted by atomic mass is 16.6. The Bertz CT molecular complexity index is 952. The molecule has 2 aromatic carbocycles. The van der Waals surface area contributed by atoms with E-state index in [1.165, 1.54) is 4.90 Å². The van der Waals surface area contributed by atoms with Gasteiger partial charge in [0.25, 0.3) is 0 Å². The Morgan fingerprint density at radius 3 is 2.45 bits per heavy atom. The van der Waals surface area contributed by atoms with Crippen LogP contribution >= 0.6 is 0 Å². The van der Waals surface area contributed by atoms with Gasteiger partial charge in [-0.25, -0.2) is 14.4 Å². The van der Waals surface area contributed by atoms with Crippen LogP contribution in [0.5, 0.6) is 5.75 Å². The second kappa shape index (κ2) is 9.38. The number of para-hydroxylation sites is 1. The first-order chi connectivity index (χ1) is 15.1. The smallest absolute Gasteiger partial charge is 0.415 e. The van der Waals surface area contributed by atoms with Crippen molar-refractivity contribution in [2.45, 2.75) is 6.42 Å². The Hall–Kier alpha value is -3.75. The maximum absolute atomic E-state index is 12.8. The van der Waals surface area contributed by atoms with Gasteiger partial charge in [0.1, 0.15) is 12.4 Å². The molecule has 0 atom stereocenters. The van der Waals surface area contributed by atoms with Crippen molar-refractivity contribution in [2.75, 3.05) is 49.5 Å². The van der Waals surface area contributed by atoms with Gasteiger partial charge in [-0.3, -0.25) is 4.90 Å². The molecule has 0 aromatic heterocycles. The summed E-state index contributed by atoms with van der Waals surface area (Å²) in [4.78, 5) is 41.8. The zero-order valence-electron chi connectivity index (χ0n) is 17.0. The summed E-state index contributed by atoms with van der Waals surface area (Å²) in [5, 5.41) is 2.88. The molecule has 0 radical (unpaired) electrons. The first-order valence-corrected chi connectivity index (χ1v) is 10.2. The number of urea groups is 1. The number of hydrogen-bond donors (Lipinski definition) is 1. The SMILES string of the molecule is O=C(Nc1cccc(N2CCOC2=O)c1)N1CCCN(C(=O)Oc2ccccc2)CC1. The van der Waals surface area contributed by atoms with Crippen molar-refractivity contribution in [3.8, 4) is 5.75 Å². The third-order valence-electron chi connectivity index (χ3n) is 5.16. The van der Waals surface area contributed by atoms with Gasteiger partial charge in [-0.15, -0.1) is 0 Å². The molecule has 2 saturated heterocycles. The summed E-state index contributed by atoms with van der Waals surface area (Å²) in [5.74, 6) is 0.494. The lowest BCUT2D eigenvalue weighted by Crippen LogP contribution is -2.40. The molecule has 2 aliphatic heterocycles. The normalized spacial score (nSPS) is 16.5. The first-order valence-electron chi connectivity index (χ1n) is 10.2. The summed E-state index contributed by atoms with van der Waals surface area (Å²) in [7, 11) is 0. The summed E-state index contributed by atoms with van der Waals surface area (Å²) < 4.78 is 10.4. The van der Waals surface area contributed by atoms with Gasteiger partial charge in [-0.1, -0.05) is 24.3 Å². The minimum absolute atomic E-state index is 0.251. The maximum atomic E-state index is 12.8. The number of amides is 4. The second-order valence-corrected chi connectivity index (χ2v) is 7.26. The number of benzene rings is 2. The minimum atomic E-state index is -0.418. The van der Waals surface area contributed by atoms with Crippen molar-refractivity contribution in [3.63, 3.8) is 0 Å². The van der Waals surface area contributed by atoms with Crippen molar-refractivity contribution in [1.29, 1.82) is 0 Å². The lowest BCUT2D eigenvalue weighted by molar-refractivity contribution is 0.153. The van der Waals surface area contributed by atoms with E-state index in [0.29, 0.717) is 62.9 Å². The molecule has 0 saturated carbocycles. The standard InChI is InChI=1S/C22H24N4O5/c27-20(23-17-6-4-7-18(16-17)26-14-15-30-22(26)29)24-10-5-11-25(13-12-24)21(28)31-19-8-2-1-3-9-19/h1-4,6-9,16H,5,10-15H2,(H,23,27). The van der Waals surface area contributed by atoms with Crippen LogP contribution in [-0.4, -0.2) is 67.3 Å². The molecule has 4 amide bonds. The summed E-state index contributed by atoms with van der Waals surface area (Å²) in [6.45, 7) is 2.66. The number of nitrogens with one attached hydrogen (secondary N) is 1. The van der Waals surface area contributed by atoms with E-state index in [1.54, 1.807) is 58.3 Å². The highest BCUT2D eigenvalue weighted by molar-refractivity contribution is 5.93. The molecule has 0 aliphatic carbocycles. The van der Waals surface area contributed by atoms with Crippen molar-refractivity contribution >= 4 is 29.6 Å². The van der Waals surface area contributed by atoms with E-state index in [0.717, 1.165) is 0 Å². The number of cyclic esters (lactones) is 1. The molecule has 0 bridgehead atoms. The quantitative estimate of drug-likeness (QED) is 0.816. The van der Waals surface area contributed by atoms with Gasteiger partial charge < -0.3 is 24.6 Å². The fourth-order valence-electron chi connectivity index (χ4n) is 3.54. The molecule has 4 rings (SSSR count). The van der Waals surface area contributed by atoms with Gasteiger partial charge in [0, 0.05) is 37.6 Å². The summed E-state index contributed by atoms with van der Waals surface area (Å²) >= 11 is 0. The first kappa shape index (κ1) is 20.5. The molecule has 9 nitrogen and oxygen atoms in total. The van der Waals surface area contributed by atoms with Gasteiger partial charge in [0.2, 0.25) is 0 Å². The van der Waals surface area contributed by atoms with Gasteiger partial charge in [-0.2, -0.15) is 0 Å². The van der Waals surface area contributed by atoms with Crippen LogP contribution in [0.3, 0.4) is 0 Å². The number of ether oxygens (including phenoxy) is 2. The minimum Gasteiger partial charge on any atom is -0.447 e. The Labute approximate surface area is 180 Å². The summed E-state index contributed by atoms with van der Waals surface area (Å²) in [6.07, 6.45) is -0.158. The van der Waals surface area contributed by atoms with Crippen LogP contribution in [-0.2, 0) is 4.74 Å². The van der Waals surface area contributed by atoms with Crippen molar-refractivity contribution < 1.29 is 23.9 Å². The van der Waals surface area contributed by atoms with E-state index in [2.05, 4.69) is 5.32 Å². The van der Waals surface area contributed by atoms with Crippen molar-refractivity contribution in [3.05, 3.63) is 54.6 Å². The molecule has 1 N–H and O–H groups in total. The fourth-order valence-corrected chi connectivity index (χ4v) is 3.54. The molecule has 2 fully saturated rings. The van der Waals surface area contributed by atoms with Crippen LogP contribution in [0.15, 0.2) is 54.6 Å².